The molecule has 0 saturated carbocycles. The fraction of sp³-hybridized carbons (Fsp3) is 0.263. The lowest BCUT2D eigenvalue weighted by Gasteiger charge is -2.12. The van der Waals surface area contributed by atoms with E-state index in [9.17, 15) is 9.59 Å². The van der Waals surface area contributed by atoms with Crippen LogP contribution in [0.15, 0.2) is 48.5 Å². The van der Waals surface area contributed by atoms with Crippen LogP contribution in [0, 0.1) is 0 Å². The number of ether oxygens (including phenoxy) is 2. The van der Waals surface area contributed by atoms with Crippen LogP contribution in [-0.2, 0) is 9.59 Å². The molecule has 0 saturated heterocycles. The summed E-state index contributed by atoms with van der Waals surface area (Å²) in [6.45, 7) is 6.17. The molecule has 0 bridgehead atoms. The standard InChI is InChI=1S/C19H22N2O4/c1-4-24-17-8-6-5-7-16(17)21-19(23)18(22)20-14-9-11-15(12-10-14)25-13(2)3/h5-13H,4H2,1-3H3,(H,20,22)(H,21,23). The summed E-state index contributed by atoms with van der Waals surface area (Å²) < 4.78 is 11.0. The van der Waals surface area contributed by atoms with Gasteiger partial charge in [-0.05, 0) is 57.2 Å². The van der Waals surface area contributed by atoms with Gasteiger partial charge in [-0.2, -0.15) is 0 Å². The van der Waals surface area contributed by atoms with E-state index in [1.165, 1.54) is 0 Å². The van der Waals surface area contributed by atoms with E-state index in [1.807, 2.05) is 20.8 Å². The molecule has 2 aromatic carbocycles. The maximum Gasteiger partial charge on any atom is 0.314 e. The molecule has 2 rings (SSSR count). The van der Waals surface area contributed by atoms with Crippen LogP contribution in [0.3, 0.4) is 0 Å². The highest BCUT2D eigenvalue weighted by molar-refractivity contribution is 6.43. The van der Waals surface area contributed by atoms with Crippen molar-refractivity contribution in [1.82, 2.24) is 0 Å². The van der Waals surface area contributed by atoms with Gasteiger partial charge in [0.15, 0.2) is 0 Å². The van der Waals surface area contributed by atoms with Crippen molar-refractivity contribution in [3.05, 3.63) is 48.5 Å². The minimum atomic E-state index is -0.769. The van der Waals surface area contributed by atoms with E-state index in [1.54, 1.807) is 48.5 Å². The molecule has 0 aliphatic carbocycles. The lowest BCUT2D eigenvalue weighted by molar-refractivity contribution is -0.133. The van der Waals surface area contributed by atoms with Crippen LogP contribution in [0.1, 0.15) is 20.8 Å². The van der Waals surface area contributed by atoms with Gasteiger partial charge >= 0.3 is 11.8 Å². The highest BCUT2D eigenvalue weighted by atomic mass is 16.5. The predicted molar refractivity (Wildman–Crippen MR) is 97.1 cm³/mol. The van der Waals surface area contributed by atoms with Crippen LogP contribution < -0.4 is 20.1 Å². The predicted octanol–water partition coefficient (Wildman–Crippen LogP) is 3.45. The summed E-state index contributed by atoms with van der Waals surface area (Å²) in [7, 11) is 0. The fourth-order valence-corrected chi connectivity index (χ4v) is 2.11. The first kappa shape index (κ1) is 18.3. The van der Waals surface area contributed by atoms with E-state index >= 15 is 0 Å². The Morgan fingerprint density at radius 1 is 0.960 bits per heavy atom. The number of para-hydroxylation sites is 2. The van der Waals surface area contributed by atoms with Crippen molar-refractivity contribution in [2.45, 2.75) is 26.9 Å². The van der Waals surface area contributed by atoms with Crippen LogP contribution in [0.25, 0.3) is 0 Å². The Hall–Kier alpha value is -3.02. The normalized spacial score (nSPS) is 10.2. The lowest BCUT2D eigenvalue weighted by Crippen LogP contribution is -2.29. The highest BCUT2D eigenvalue weighted by Gasteiger charge is 2.16. The van der Waals surface area contributed by atoms with Gasteiger partial charge in [0, 0.05) is 5.69 Å². The summed E-state index contributed by atoms with van der Waals surface area (Å²) >= 11 is 0. The van der Waals surface area contributed by atoms with Crippen LogP contribution in [0.5, 0.6) is 11.5 Å². The summed E-state index contributed by atoms with van der Waals surface area (Å²) in [6, 6.07) is 13.8. The number of hydrogen-bond acceptors (Lipinski definition) is 4. The average Bonchev–Trinajstić information content (AvgIpc) is 2.58. The number of nitrogens with one attached hydrogen (secondary N) is 2. The third-order valence-electron chi connectivity index (χ3n) is 3.13. The molecule has 0 heterocycles. The molecule has 0 aliphatic heterocycles. The average molecular weight is 342 g/mol. The van der Waals surface area contributed by atoms with Gasteiger partial charge in [-0.25, -0.2) is 0 Å². The van der Waals surface area contributed by atoms with Crippen molar-refractivity contribution in [2.24, 2.45) is 0 Å². The molecule has 0 spiro atoms. The van der Waals surface area contributed by atoms with Crippen molar-refractivity contribution in [3.63, 3.8) is 0 Å². The number of rotatable bonds is 6. The third kappa shape index (κ3) is 5.53. The van der Waals surface area contributed by atoms with E-state index in [0.29, 0.717) is 29.5 Å². The molecular formula is C19H22N2O4. The van der Waals surface area contributed by atoms with Crippen molar-refractivity contribution < 1.29 is 19.1 Å². The quantitative estimate of drug-likeness (QED) is 0.788. The van der Waals surface area contributed by atoms with Crippen LogP contribution in [0.2, 0.25) is 0 Å². The van der Waals surface area contributed by atoms with Gasteiger partial charge in [-0.15, -0.1) is 0 Å². The van der Waals surface area contributed by atoms with Gasteiger partial charge < -0.3 is 20.1 Å². The van der Waals surface area contributed by atoms with E-state index in [2.05, 4.69) is 10.6 Å². The minimum absolute atomic E-state index is 0.0663. The van der Waals surface area contributed by atoms with Crippen LogP contribution >= 0.6 is 0 Å². The minimum Gasteiger partial charge on any atom is -0.492 e. The molecule has 2 amide bonds. The summed E-state index contributed by atoms with van der Waals surface area (Å²) in [5.41, 5.74) is 0.958. The van der Waals surface area contributed by atoms with Gasteiger partial charge in [-0.3, -0.25) is 9.59 Å². The van der Waals surface area contributed by atoms with Gasteiger partial charge in [0.05, 0.1) is 18.4 Å². The maximum atomic E-state index is 12.1. The van der Waals surface area contributed by atoms with E-state index in [0.717, 1.165) is 0 Å². The van der Waals surface area contributed by atoms with Crippen LogP contribution in [-0.4, -0.2) is 24.5 Å². The van der Waals surface area contributed by atoms with E-state index in [4.69, 9.17) is 9.47 Å². The Kier molecular flexibility index (Phi) is 6.39. The molecule has 0 atom stereocenters. The molecule has 2 aromatic rings. The first-order chi connectivity index (χ1) is 12.0. The molecule has 6 nitrogen and oxygen atoms in total. The summed E-state index contributed by atoms with van der Waals surface area (Å²) in [6.07, 6.45) is 0.0663. The maximum absolute atomic E-state index is 12.1. The second kappa shape index (κ2) is 8.73. The Morgan fingerprint density at radius 3 is 2.24 bits per heavy atom. The largest absolute Gasteiger partial charge is 0.492 e. The SMILES string of the molecule is CCOc1ccccc1NC(=O)C(=O)Nc1ccc(OC(C)C)cc1. The Bertz CT molecular complexity index is 726. The zero-order chi connectivity index (χ0) is 18.2. The molecule has 25 heavy (non-hydrogen) atoms. The van der Waals surface area contributed by atoms with Gasteiger partial charge in [0.2, 0.25) is 0 Å². The van der Waals surface area contributed by atoms with Gasteiger partial charge in [0.25, 0.3) is 0 Å². The lowest BCUT2D eigenvalue weighted by atomic mass is 10.2. The first-order valence-corrected chi connectivity index (χ1v) is 8.10. The summed E-state index contributed by atoms with van der Waals surface area (Å²) in [5, 5.41) is 5.10. The molecule has 2 N–H and O–H groups in total. The highest BCUT2D eigenvalue weighted by Crippen LogP contribution is 2.23. The number of hydrogen-bond donors (Lipinski definition) is 2. The molecule has 0 radical (unpaired) electrons. The number of anilines is 2. The summed E-state index contributed by atoms with van der Waals surface area (Å²) in [4.78, 5) is 24.1. The fourth-order valence-electron chi connectivity index (χ4n) is 2.11. The molecule has 132 valence electrons. The van der Waals surface area contributed by atoms with E-state index < -0.39 is 11.8 Å². The Labute approximate surface area is 147 Å². The second-order valence-electron chi connectivity index (χ2n) is 5.53. The van der Waals surface area contributed by atoms with E-state index in [-0.39, 0.29) is 6.10 Å². The van der Waals surface area contributed by atoms with Crippen LogP contribution in [0.4, 0.5) is 11.4 Å². The van der Waals surface area contributed by atoms with Crippen molar-refractivity contribution in [1.29, 1.82) is 0 Å². The van der Waals surface area contributed by atoms with Gasteiger partial charge in [-0.1, -0.05) is 12.1 Å². The zero-order valence-electron chi connectivity index (χ0n) is 14.5. The van der Waals surface area contributed by atoms with Gasteiger partial charge in [0.1, 0.15) is 11.5 Å². The second-order valence-corrected chi connectivity index (χ2v) is 5.53. The number of carbonyl (C=O) groups is 2. The smallest absolute Gasteiger partial charge is 0.314 e. The number of amides is 2. The number of carbonyl (C=O) groups excluding carboxylic acids is 2. The molecule has 0 fully saturated rings. The molecule has 6 heteroatoms. The molecule has 0 aromatic heterocycles. The first-order valence-electron chi connectivity index (χ1n) is 8.10. The Morgan fingerprint density at radius 2 is 1.60 bits per heavy atom. The monoisotopic (exact) mass is 342 g/mol. The van der Waals surface area contributed by atoms with Crippen molar-refractivity contribution in [2.75, 3.05) is 17.2 Å². The van der Waals surface area contributed by atoms with Crippen molar-refractivity contribution >= 4 is 23.2 Å². The third-order valence-corrected chi connectivity index (χ3v) is 3.13. The number of benzene rings is 2. The molecular weight excluding hydrogens is 320 g/mol. The molecule has 0 unspecified atom stereocenters. The van der Waals surface area contributed by atoms with Crippen molar-refractivity contribution in [3.8, 4) is 11.5 Å². The molecule has 0 aliphatic rings. The summed E-state index contributed by atoms with van der Waals surface area (Å²) in [5.74, 6) is -0.317. The Balaban J connectivity index is 1.97. The zero-order valence-corrected chi connectivity index (χ0v) is 14.5. The topological polar surface area (TPSA) is 76.7 Å².